The third kappa shape index (κ3) is 4.98. The summed E-state index contributed by atoms with van der Waals surface area (Å²) in [5, 5.41) is 0. The lowest BCUT2D eigenvalue weighted by atomic mass is 10.1. The summed E-state index contributed by atoms with van der Waals surface area (Å²) in [5.74, 6) is 0. The third-order valence-electron chi connectivity index (χ3n) is 3.64. The first-order valence-electron chi connectivity index (χ1n) is 6.66. The summed E-state index contributed by atoms with van der Waals surface area (Å²) in [6.07, 6.45) is 7.00. The van der Waals surface area contributed by atoms with Crippen molar-refractivity contribution in [2.45, 2.75) is 52.0 Å². The van der Waals surface area contributed by atoms with Crippen LogP contribution in [0, 0.1) is 0 Å². The molecule has 0 radical (unpaired) electrons. The quantitative estimate of drug-likeness (QED) is 0.624. The summed E-state index contributed by atoms with van der Waals surface area (Å²) < 4.78 is 0. The second-order valence-corrected chi connectivity index (χ2v) is 5.04. The SMILES string of the molecule is CCCCCCC(C)N1CCN(C)CC1. The molecule has 0 aromatic carbocycles. The van der Waals surface area contributed by atoms with E-state index < -0.39 is 0 Å². The van der Waals surface area contributed by atoms with Crippen LogP contribution in [0.2, 0.25) is 0 Å². The molecule has 1 rings (SSSR count). The Morgan fingerprint density at radius 3 is 2.27 bits per heavy atom. The van der Waals surface area contributed by atoms with Gasteiger partial charge in [-0.2, -0.15) is 0 Å². The normalized spacial score (nSPS) is 21.8. The van der Waals surface area contributed by atoms with E-state index in [4.69, 9.17) is 0 Å². The maximum Gasteiger partial charge on any atom is 0.0113 e. The molecule has 1 saturated heterocycles. The van der Waals surface area contributed by atoms with Crippen LogP contribution in [-0.2, 0) is 0 Å². The topological polar surface area (TPSA) is 6.48 Å². The maximum absolute atomic E-state index is 2.66. The molecule has 1 aliphatic rings. The van der Waals surface area contributed by atoms with Crippen molar-refractivity contribution in [3.8, 4) is 0 Å². The second-order valence-electron chi connectivity index (χ2n) is 5.04. The fourth-order valence-corrected chi connectivity index (χ4v) is 2.31. The average molecular weight is 212 g/mol. The van der Waals surface area contributed by atoms with E-state index in [-0.39, 0.29) is 0 Å². The molecule has 0 spiro atoms. The molecule has 15 heavy (non-hydrogen) atoms. The number of nitrogens with zero attached hydrogens (tertiary/aromatic N) is 2. The van der Waals surface area contributed by atoms with Crippen LogP contribution in [0.15, 0.2) is 0 Å². The van der Waals surface area contributed by atoms with Crippen molar-refractivity contribution < 1.29 is 0 Å². The summed E-state index contributed by atoms with van der Waals surface area (Å²) in [6, 6.07) is 0.801. The van der Waals surface area contributed by atoms with Gasteiger partial charge in [-0.25, -0.2) is 0 Å². The second kappa shape index (κ2) is 7.24. The van der Waals surface area contributed by atoms with E-state index in [0.29, 0.717) is 0 Å². The molecule has 0 amide bonds. The van der Waals surface area contributed by atoms with E-state index in [0.717, 1.165) is 6.04 Å². The molecule has 0 aromatic rings. The number of hydrogen-bond donors (Lipinski definition) is 0. The number of piperazine rings is 1. The first-order valence-corrected chi connectivity index (χ1v) is 6.66. The van der Waals surface area contributed by atoms with Crippen molar-refractivity contribution >= 4 is 0 Å². The van der Waals surface area contributed by atoms with Crippen LogP contribution in [-0.4, -0.2) is 49.1 Å². The van der Waals surface area contributed by atoms with Crippen LogP contribution >= 0.6 is 0 Å². The van der Waals surface area contributed by atoms with Crippen LogP contribution in [0.1, 0.15) is 46.0 Å². The number of likely N-dealkylation sites (N-methyl/N-ethyl adjacent to an activating group) is 1. The molecule has 0 aliphatic carbocycles. The largest absolute Gasteiger partial charge is 0.304 e. The number of hydrogen-bond acceptors (Lipinski definition) is 2. The minimum absolute atomic E-state index is 0.801. The zero-order valence-electron chi connectivity index (χ0n) is 10.8. The Morgan fingerprint density at radius 1 is 1.00 bits per heavy atom. The van der Waals surface area contributed by atoms with Gasteiger partial charge in [0.05, 0.1) is 0 Å². The van der Waals surface area contributed by atoms with Gasteiger partial charge in [0.2, 0.25) is 0 Å². The Bertz CT molecular complexity index is 151. The van der Waals surface area contributed by atoms with Crippen molar-refractivity contribution in [1.29, 1.82) is 0 Å². The van der Waals surface area contributed by atoms with Gasteiger partial charge in [0.1, 0.15) is 0 Å². The third-order valence-corrected chi connectivity index (χ3v) is 3.64. The number of rotatable bonds is 6. The molecule has 0 bridgehead atoms. The van der Waals surface area contributed by atoms with E-state index in [1.165, 1.54) is 58.3 Å². The Balaban J connectivity index is 2.08. The van der Waals surface area contributed by atoms with Gasteiger partial charge >= 0.3 is 0 Å². The van der Waals surface area contributed by atoms with E-state index in [1.54, 1.807) is 0 Å². The lowest BCUT2D eigenvalue weighted by Crippen LogP contribution is -2.48. The van der Waals surface area contributed by atoms with Crippen LogP contribution in [0.5, 0.6) is 0 Å². The van der Waals surface area contributed by atoms with Crippen LogP contribution < -0.4 is 0 Å². The summed E-state index contributed by atoms with van der Waals surface area (Å²) in [7, 11) is 2.23. The molecule has 0 N–H and O–H groups in total. The van der Waals surface area contributed by atoms with Gasteiger partial charge in [-0.15, -0.1) is 0 Å². The highest BCUT2D eigenvalue weighted by atomic mass is 15.3. The molecule has 1 atom stereocenters. The molecular weight excluding hydrogens is 184 g/mol. The zero-order valence-corrected chi connectivity index (χ0v) is 10.8. The standard InChI is InChI=1S/C13H28N2/c1-4-5-6-7-8-13(2)15-11-9-14(3)10-12-15/h13H,4-12H2,1-3H3. The molecule has 1 heterocycles. The van der Waals surface area contributed by atoms with Gasteiger partial charge in [0.25, 0.3) is 0 Å². The van der Waals surface area contributed by atoms with Crippen molar-refractivity contribution in [2.24, 2.45) is 0 Å². The summed E-state index contributed by atoms with van der Waals surface area (Å²) in [4.78, 5) is 5.09. The minimum atomic E-state index is 0.801. The molecule has 1 aliphatic heterocycles. The summed E-state index contributed by atoms with van der Waals surface area (Å²) in [5.41, 5.74) is 0. The fourth-order valence-electron chi connectivity index (χ4n) is 2.31. The molecule has 1 fully saturated rings. The Hall–Kier alpha value is -0.0800. The highest BCUT2D eigenvalue weighted by Gasteiger charge is 2.18. The molecule has 2 heteroatoms. The lowest BCUT2D eigenvalue weighted by Gasteiger charge is -2.36. The first-order chi connectivity index (χ1) is 7.24. The van der Waals surface area contributed by atoms with Crippen molar-refractivity contribution in [1.82, 2.24) is 9.80 Å². The molecule has 0 aromatic heterocycles. The summed E-state index contributed by atoms with van der Waals surface area (Å²) >= 11 is 0. The van der Waals surface area contributed by atoms with Gasteiger partial charge in [-0.3, -0.25) is 4.90 Å². The maximum atomic E-state index is 2.66. The van der Waals surface area contributed by atoms with Crippen LogP contribution in [0.4, 0.5) is 0 Å². The van der Waals surface area contributed by atoms with E-state index >= 15 is 0 Å². The zero-order chi connectivity index (χ0) is 11.1. The van der Waals surface area contributed by atoms with Gasteiger partial charge in [0, 0.05) is 32.2 Å². The molecule has 90 valence electrons. The van der Waals surface area contributed by atoms with Crippen LogP contribution in [0.25, 0.3) is 0 Å². The summed E-state index contributed by atoms with van der Waals surface area (Å²) in [6.45, 7) is 9.72. The Labute approximate surface area is 95.6 Å². The van der Waals surface area contributed by atoms with E-state index in [2.05, 4.69) is 30.7 Å². The highest BCUT2D eigenvalue weighted by molar-refractivity contribution is 4.74. The van der Waals surface area contributed by atoms with Crippen molar-refractivity contribution in [2.75, 3.05) is 33.2 Å². The lowest BCUT2D eigenvalue weighted by molar-refractivity contribution is 0.113. The smallest absolute Gasteiger partial charge is 0.0113 e. The van der Waals surface area contributed by atoms with E-state index in [9.17, 15) is 0 Å². The predicted molar refractivity (Wildman–Crippen MR) is 67.3 cm³/mol. The average Bonchev–Trinajstić information content (AvgIpc) is 2.25. The van der Waals surface area contributed by atoms with E-state index in [1.807, 2.05) is 0 Å². The predicted octanol–water partition coefficient (Wildman–Crippen LogP) is 2.59. The first kappa shape index (κ1) is 13.0. The van der Waals surface area contributed by atoms with Gasteiger partial charge in [-0.1, -0.05) is 32.6 Å². The van der Waals surface area contributed by atoms with Crippen molar-refractivity contribution in [3.63, 3.8) is 0 Å². The fraction of sp³-hybridized carbons (Fsp3) is 1.00. The molecule has 1 unspecified atom stereocenters. The van der Waals surface area contributed by atoms with Gasteiger partial charge in [-0.05, 0) is 20.4 Å². The van der Waals surface area contributed by atoms with Gasteiger partial charge in [0.15, 0.2) is 0 Å². The minimum Gasteiger partial charge on any atom is -0.304 e. The Kier molecular flexibility index (Phi) is 6.26. The van der Waals surface area contributed by atoms with Gasteiger partial charge < -0.3 is 4.90 Å². The number of unbranched alkanes of at least 4 members (excludes halogenated alkanes) is 3. The molecular formula is C13H28N2. The van der Waals surface area contributed by atoms with Crippen LogP contribution in [0.3, 0.4) is 0 Å². The highest BCUT2D eigenvalue weighted by Crippen LogP contribution is 2.12. The monoisotopic (exact) mass is 212 g/mol. The molecule has 2 nitrogen and oxygen atoms in total. The molecule has 0 saturated carbocycles. The Morgan fingerprint density at radius 2 is 1.67 bits per heavy atom. The van der Waals surface area contributed by atoms with Crippen molar-refractivity contribution in [3.05, 3.63) is 0 Å².